The van der Waals surface area contributed by atoms with Gasteiger partial charge in [0, 0.05) is 36.7 Å². The van der Waals surface area contributed by atoms with Crippen molar-refractivity contribution in [1.82, 2.24) is 13.7 Å². The highest BCUT2D eigenvalue weighted by Crippen LogP contribution is 2.22. The second kappa shape index (κ2) is 9.87. The van der Waals surface area contributed by atoms with Gasteiger partial charge >= 0.3 is 0 Å². The molecular weight excluding hydrogens is 468 g/mol. The van der Waals surface area contributed by atoms with Crippen molar-refractivity contribution in [2.24, 2.45) is 0 Å². The molecule has 5 rings (SSSR count). The Labute approximate surface area is 203 Å². The van der Waals surface area contributed by atoms with Crippen LogP contribution in [0.25, 0.3) is 5.65 Å². The van der Waals surface area contributed by atoms with Crippen molar-refractivity contribution in [3.05, 3.63) is 90.4 Å². The van der Waals surface area contributed by atoms with Crippen molar-refractivity contribution in [3.63, 3.8) is 0 Å². The second-order valence-corrected chi connectivity index (χ2v) is 9.95. The lowest BCUT2D eigenvalue weighted by Crippen LogP contribution is -2.40. The zero-order valence-electron chi connectivity index (χ0n) is 18.8. The fraction of sp³-hybridized carbons (Fsp3) is 0.200. The Hall–Kier alpha value is -3.73. The van der Waals surface area contributed by atoms with E-state index in [0.29, 0.717) is 49.9 Å². The first-order valence-corrected chi connectivity index (χ1v) is 12.6. The molecule has 3 heterocycles. The molecule has 0 unspecified atom stereocenters. The number of imidazole rings is 1. The lowest BCUT2D eigenvalue weighted by atomic mass is 10.2. The van der Waals surface area contributed by atoms with Crippen LogP contribution in [0.3, 0.4) is 0 Å². The number of nitrogens with one attached hydrogen (secondary N) is 1. The van der Waals surface area contributed by atoms with E-state index in [9.17, 15) is 13.2 Å². The van der Waals surface area contributed by atoms with Gasteiger partial charge in [0.1, 0.15) is 18.0 Å². The van der Waals surface area contributed by atoms with E-state index in [1.54, 1.807) is 36.4 Å². The smallest absolute Gasteiger partial charge is 0.255 e. The standard InChI is InChI=1S/C25H24N4O5S/c30-25(27-20-4-3-5-23(16-20)35(31,32)29-12-14-33-15-13-29)19-7-9-22(10-8-19)34-18-21-17-28-11-2-1-6-24(28)26-21/h1-11,16-17H,12-15,18H2,(H,27,30). The highest BCUT2D eigenvalue weighted by atomic mass is 32.2. The summed E-state index contributed by atoms with van der Waals surface area (Å²) in [6.45, 7) is 1.66. The number of amides is 1. The van der Waals surface area contributed by atoms with Gasteiger partial charge in [-0.2, -0.15) is 4.31 Å². The van der Waals surface area contributed by atoms with Gasteiger partial charge in [-0.05, 0) is 54.6 Å². The fourth-order valence-corrected chi connectivity index (χ4v) is 5.24. The second-order valence-electron chi connectivity index (χ2n) is 8.01. The molecule has 9 nitrogen and oxygen atoms in total. The van der Waals surface area contributed by atoms with Gasteiger partial charge in [0.25, 0.3) is 5.91 Å². The van der Waals surface area contributed by atoms with Crippen LogP contribution in [-0.2, 0) is 21.4 Å². The number of hydrogen-bond acceptors (Lipinski definition) is 6. The van der Waals surface area contributed by atoms with Crippen molar-refractivity contribution >= 4 is 27.3 Å². The molecule has 2 aromatic heterocycles. The summed E-state index contributed by atoms with van der Waals surface area (Å²) in [6, 6.07) is 18.8. The number of sulfonamides is 1. The molecule has 2 aromatic carbocycles. The van der Waals surface area contributed by atoms with Crippen LogP contribution in [0.4, 0.5) is 5.69 Å². The fourth-order valence-electron chi connectivity index (χ4n) is 3.79. The monoisotopic (exact) mass is 492 g/mol. The zero-order chi connectivity index (χ0) is 24.3. The Morgan fingerprint density at radius 2 is 1.83 bits per heavy atom. The summed E-state index contributed by atoms with van der Waals surface area (Å²) in [4.78, 5) is 17.4. The summed E-state index contributed by atoms with van der Waals surface area (Å²) in [5, 5.41) is 2.77. The number of hydrogen-bond donors (Lipinski definition) is 1. The molecular formula is C25H24N4O5S. The predicted molar refractivity (Wildman–Crippen MR) is 130 cm³/mol. The molecule has 0 saturated carbocycles. The summed E-state index contributed by atoms with van der Waals surface area (Å²) >= 11 is 0. The molecule has 10 heteroatoms. The first-order chi connectivity index (χ1) is 17.0. The topological polar surface area (TPSA) is 102 Å². The van der Waals surface area contributed by atoms with E-state index in [2.05, 4.69) is 10.3 Å². The number of pyridine rings is 1. The number of aromatic nitrogens is 2. The number of benzene rings is 2. The first kappa shape index (κ1) is 23.0. The first-order valence-electron chi connectivity index (χ1n) is 11.1. The SMILES string of the molecule is O=C(Nc1cccc(S(=O)(=O)N2CCOCC2)c1)c1ccc(OCc2cn3ccccc3n2)cc1. The molecule has 35 heavy (non-hydrogen) atoms. The van der Waals surface area contributed by atoms with E-state index >= 15 is 0 Å². The van der Waals surface area contributed by atoms with Crippen molar-refractivity contribution < 1.29 is 22.7 Å². The van der Waals surface area contributed by atoms with E-state index in [1.165, 1.54) is 16.4 Å². The molecule has 1 fully saturated rings. The van der Waals surface area contributed by atoms with Gasteiger partial charge in [0.2, 0.25) is 10.0 Å². The van der Waals surface area contributed by atoms with E-state index in [0.717, 1.165) is 11.3 Å². The summed E-state index contributed by atoms with van der Waals surface area (Å²) in [5.41, 5.74) is 2.47. The van der Waals surface area contributed by atoms with Crippen molar-refractivity contribution in [2.75, 3.05) is 31.6 Å². The minimum absolute atomic E-state index is 0.132. The Balaban J connectivity index is 1.22. The molecule has 1 aliphatic rings. The maximum absolute atomic E-state index is 12.9. The molecule has 0 spiro atoms. The van der Waals surface area contributed by atoms with Crippen LogP contribution in [0, 0.1) is 0 Å². The van der Waals surface area contributed by atoms with Gasteiger partial charge < -0.3 is 19.2 Å². The Morgan fingerprint density at radius 3 is 2.60 bits per heavy atom. The number of anilines is 1. The summed E-state index contributed by atoms with van der Waals surface area (Å²) in [5.74, 6) is 0.259. The van der Waals surface area contributed by atoms with Gasteiger partial charge in [-0.3, -0.25) is 4.79 Å². The molecule has 0 aliphatic carbocycles. The predicted octanol–water partition coefficient (Wildman–Crippen LogP) is 3.19. The minimum atomic E-state index is -3.65. The highest BCUT2D eigenvalue weighted by molar-refractivity contribution is 7.89. The number of ether oxygens (including phenoxy) is 2. The molecule has 1 amide bonds. The molecule has 1 N–H and O–H groups in total. The number of fused-ring (bicyclic) bond motifs is 1. The maximum atomic E-state index is 12.9. The van der Waals surface area contributed by atoms with Crippen molar-refractivity contribution in [1.29, 1.82) is 0 Å². The maximum Gasteiger partial charge on any atom is 0.255 e. The van der Waals surface area contributed by atoms with Crippen LogP contribution in [-0.4, -0.2) is 54.3 Å². The van der Waals surface area contributed by atoms with Gasteiger partial charge in [-0.1, -0.05) is 12.1 Å². The molecule has 1 aliphatic heterocycles. The molecule has 0 radical (unpaired) electrons. The number of rotatable bonds is 7. The Kier molecular flexibility index (Phi) is 6.49. The van der Waals surface area contributed by atoms with Crippen LogP contribution in [0.2, 0.25) is 0 Å². The normalized spacial score (nSPS) is 14.6. The molecule has 1 saturated heterocycles. The van der Waals surface area contributed by atoms with Crippen LogP contribution in [0.5, 0.6) is 5.75 Å². The number of nitrogens with zero attached hydrogens (tertiary/aromatic N) is 3. The highest BCUT2D eigenvalue weighted by Gasteiger charge is 2.26. The number of carbonyl (C=O) groups is 1. The zero-order valence-corrected chi connectivity index (χ0v) is 19.6. The number of carbonyl (C=O) groups excluding carboxylic acids is 1. The molecule has 180 valence electrons. The lowest BCUT2D eigenvalue weighted by molar-refractivity contribution is 0.0730. The third-order valence-corrected chi connectivity index (χ3v) is 7.51. The average Bonchev–Trinajstić information content (AvgIpc) is 3.31. The van der Waals surface area contributed by atoms with E-state index in [4.69, 9.17) is 9.47 Å². The number of morpholine rings is 1. The van der Waals surface area contributed by atoms with Crippen LogP contribution >= 0.6 is 0 Å². The van der Waals surface area contributed by atoms with Gasteiger partial charge in [-0.15, -0.1) is 0 Å². The van der Waals surface area contributed by atoms with Gasteiger partial charge in [0.15, 0.2) is 0 Å². The summed E-state index contributed by atoms with van der Waals surface area (Å²) < 4.78 is 40.1. The summed E-state index contributed by atoms with van der Waals surface area (Å²) in [7, 11) is -3.65. The molecule has 0 bridgehead atoms. The molecule has 4 aromatic rings. The van der Waals surface area contributed by atoms with E-state index in [-0.39, 0.29) is 10.8 Å². The Bertz CT molecular complexity index is 1410. The summed E-state index contributed by atoms with van der Waals surface area (Å²) in [6.07, 6.45) is 3.83. The third-order valence-electron chi connectivity index (χ3n) is 5.62. The molecule has 0 atom stereocenters. The lowest BCUT2D eigenvalue weighted by Gasteiger charge is -2.26. The Morgan fingerprint density at radius 1 is 1.03 bits per heavy atom. The van der Waals surface area contributed by atoms with Crippen LogP contribution in [0.15, 0.2) is 84.0 Å². The average molecular weight is 493 g/mol. The minimum Gasteiger partial charge on any atom is -0.487 e. The largest absolute Gasteiger partial charge is 0.487 e. The third kappa shape index (κ3) is 5.19. The quantitative estimate of drug-likeness (QED) is 0.425. The van der Waals surface area contributed by atoms with Crippen molar-refractivity contribution in [2.45, 2.75) is 11.5 Å². The van der Waals surface area contributed by atoms with E-state index < -0.39 is 10.0 Å². The van der Waals surface area contributed by atoms with Crippen LogP contribution in [0.1, 0.15) is 16.1 Å². The van der Waals surface area contributed by atoms with Gasteiger partial charge in [-0.25, -0.2) is 13.4 Å². The van der Waals surface area contributed by atoms with Gasteiger partial charge in [0.05, 0.1) is 23.8 Å². The van der Waals surface area contributed by atoms with E-state index in [1.807, 2.05) is 35.0 Å². The van der Waals surface area contributed by atoms with Crippen LogP contribution < -0.4 is 10.1 Å². The van der Waals surface area contributed by atoms with Crippen molar-refractivity contribution in [3.8, 4) is 5.75 Å².